The third-order valence-electron chi connectivity index (χ3n) is 5.23. The highest BCUT2D eigenvalue weighted by Gasteiger charge is 2.25. The largest absolute Gasteiger partial charge is 0.357 e. The second-order valence-electron chi connectivity index (χ2n) is 7.38. The van der Waals surface area contributed by atoms with Gasteiger partial charge in [0.05, 0.1) is 0 Å². The Bertz CT molecular complexity index is 997. The molecule has 0 atom stereocenters. The molecule has 0 saturated carbocycles. The Balaban J connectivity index is 1.41. The maximum Gasteiger partial charge on any atom is 0.270 e. The van der Waals surface area contributed by atoms with Crippen LogP contribution in [0.5, 0.6) is 0 Å². The van der Waals surface area contributed by atoms with Crippen LogP contribution >= 0.6 is 0 Å². The molecule has 148 valence electrons. The summed E-state index contributed by atoms with van der Waals surface area (Å²) in [5, 5.41) is 0. The van der Waals surface area contributed by atoms with Crippen molar-refractivity contribution in [1.29, 1.82) is 0 Å². The van der Waals surface area contributed by atoms with Crippen LogP contribution in [0, 0.1) is 13.8 Å². The van der Waals surface area contributed by atoms with Gasteiger partial charge in [0.15, 0.2) is 0 Å². The van der Waals surface area contributed by atoms with Crippen molar-refractivity contribution in [2.45, 2.75) is 13.8 Å². The SMILES string of the molecule is Cc1cc(-c2ccc(C(=O)N3CCN(C(=O)c4ccc[nH]4)CC3)cc2)cc(C)n1. The molecule has 0 aliphatic carbocycles. The molecule has 2 aromatic heterocycles. The molecule has 1 aromatic carbocycles. The van der Waals surface area contributed by atoms with Gasteiger partial charge in [-0.25, -0.2) is 0 Å². The molecule has 6 heteroatoms. The molecule has 1 aliphatic heterocycles. The number of nitrogens with one attached hydrogen (secondary N) is 1. The van der Waals surface area contributed by atoms with Gasteiger partial charge in [-0.2, -0.15) is 0 Å². The molecular formula is C23H24N4O2. The van der Waals surface area contributed by atoms with Gasteiger partial charge >= 0.3 is 0 Å². The lowest BCUT2D eigenvalue weighted by atomic mass is 10.0. The second-order valence-corrected chi connectivity index (χ2v) is 7.38. The van der Waals surface area contributed by atoms with Gasteiger partial charge in [-0.3, -0.25) is 14.6 Å². The number of aromatic nitrogens is 2. The average Bonchev–Trinajstić information content (AvgIpc) is 3.27. The maximum atomic E-state index is 12.9. The molecular weight excluding hydrogens is 364 g/mol. The van der Waals surface area contributed by atoms with E-state index in [1.165, 1.54) is 0 Å². The summed E-state index contributed by atoms with van der Waals surface area (Å²) in [6, 6.07) is 15.4. The fourth-order valence-electron chi connectivity index (χ4n) is 3.74. The lowest BCUT2D eigenvalue weighted by Gasteiger charge is -2.34. The van der Waals surface area contributed by atoms with Crippen molar-refractivity contribution in [3.63, 3.8) is 0 Å². The van der Waals surface area contributed by atoms with Crippen molar-refractivity contribution in [3.05, 3.63) is 77.4 Å². The van der Waals surface area contributed by atoms with E-state index in [4.69, 9.17) is 0 Å². The fourth-order valence-corrected chi connectivity index (χ4v) is 3.74. The molecule has 0 radical (unpaired) electrons. The number of amides is 2. The smallest absolute Gasteiger partial charge is 0.270 e. The van der Waals surface area contributed by atoms with Gasteiger partial charge in [0.25, 0.3) is 11.8 Å². The number of rotatable bonds is 3. The topological polar surface area (TPSA) is 69.3 Å². The monoisotopic (exact) mass is 388 g/mol. The predicted molar refractivity (Wildman–Crippen MR) is 112 cm³/mol. The Kier molecular flexibility index (Phi) is 5.16. The number of piperazine rings is 1. The molecule has 2 amide bonds. The van der Waals surface area contributed by atoms with Gasteiger partial charge in [0.1, 0.15) is 5.69 Å². The van der Waals surface area contributed by atoms with E-state index in [0.717, 1.165) is 22.5 Å². The average molecular weight is 388 g/mol. The standard InChI is InChI=1S/C23H24N4O2/c1-16-14-20(15-17(2)25-16)18-5-7-19(8-6-18)22(28)26-10-12-27(13-11-26)23(29)21-4-3-9-24-21/h3-9,14-15,24H,10-13H2,1-2H3. The summed E-state index contributed by atoms with van der Waals surface area (Å²) in [5.74, 6) is -0.0139. The van der Waals surface area contributed by atoms with E-state index in [9.17, 15) is 9.59 Å². The van der Waals surface area contributed by atoms with E-state index < -0.39 is 0 Å². The van der Waals surface area contributed by atoms with Gasteiger partial charge in [-0.15, -0.1) is 0 Å². The van der Waals surface area contributed by atoms with Crippen LogP contribution in [0.3, 0.4) is 0 Å². The number of carbonyl (C=O) groups excluding carboxylic acids is 2. The highest BCUT2D eigenvalue weighted by atomic mass is 16.2. The fraction of sp³-hybridized carbons (Fsp3) is 0.261. The number of hydrogen-bond acceptors (Lipinski definition) is 3. The number of aryl methyl sites for hydroxylation is 2. The summed E-state index contributed by atoms with van der Waals surface area (Å²) in [6.45, 7) is 6.11. The van der Waals surface area contributed by atoms with Crippen LogP contribution in [-0.4, -0.2) is 57.8 Å². The van der Waals surface area contributed by atoms with Crippen LogP contribution in [0.1, 0.15) is 32.2 Å². The molecule has 1 fully saturated rings. The normalized spacial score (nSPS) is 14.1. The van der Waals surface area contributed by atoms with E-state index in [2.05, 4.69) is 9.97 Å². The Morgan fingerprint density at radius 1 is 0.828 bits per heavy atom. The van der Waals surface area contributed by atoms with E-state index in [1.54, 1.807) is 17.2 Å². The first-order chi connectivity index (χ1) is 14.0. The second kappa shape index (κ2) is 7.91. The van der Waals surface area contributed by atoms with Gasteiger partial charge in [0, 0.05) is 49.3 Å². The molecule has 0 spiro atoms. The summed E-state index contributed by atoms with van der Waals surface area (Å²) in [5.41, 5.74) is 5.38. The highest BCUT2D eigenvalue weighted by molar-refractivity contribution is 5.95. The zero-order valence-electron chi connectivity index (χ0n) is 16.7. The number of H-pyrrole nitrogens is 1. The van der Waals surface area contributed by atoms with Crippen LogP contribution in [0.2, 0.25) is 0 Å². The van der Waals surface area contributed by atoms with E-state index in [0.29, 0.717) is 37.4 Å². The summed E-state index contributed by atoms with van der Waals surface area (Å²) in [7, 11) is 0. The first kappa shape index (κ1) is 18.9. The minimum atomic E-state index is -0.0191. The molecule has 0 unspecified atom stereocenters. The lowest BCUT2D eigenvalue weighted by Crippen LogP contribution is -2.50. The quantitative estimate of drug-likeness (QED) is 0.749. The summed E-state index contributed by atoms with van der Waals surface area (Å²) in [6.07, 6.45) is 1.74. The number of aromatic amines is 1. The maximum absolute atomic E-state index is 12.9. The number of carbonyl (C=O) groups is 2. The van der Waals surface area contributed by atoms with Gasteiger partial charge in [-0.05, 0) is 61.4 Å². The van der Waals surface area contributed by atoms with Gasteiger partial charge < -0.3 is 14.8 Å². The molecule has 1 aliphatic rings. The van der Waals surface area contributed by atoms with Crippen LogP contribution in [0.25, 0.3) is 11.1 Å². The van der Waals surface area contributed by atoms with Crippen molar-refractivity contribution in [2.24, 2.45) is 0 Å². The summed E-state index contributed by atoms with van der Waals surface area (Å²) in [4.78, 5) is 36.2. The Labute approximate surface area is 170 Å². The summed E-state index contributed by atoms with van der Waals surface area (Å²) < 4.78 is 0. The third-order valence-corrected chi connectivity index (χ3v) is 5.23. The number of nitrogens with zero attached hydrogens (tertiary/aromatic N) is 3. The Hall–Kier alpha value is -3.41. The minimum absolute atomic E-state index is 0.00520. The number of pyridine rings is 1. The molecule has 3 heterocycles. The van der Waals surface area contributed by atoms with E-state index in [1.807, 2.05) is 61.2 Å². The molecule has 3 aromatic rings. The number of benzene rings is 1. The zero-order chi connectivity index (χ0) is 20.4. The molecule has 4 rings (SSSR count). The first-order valence-electron chi connectivity index (χ1n) is 9.79. The van der Waals surface area contributed by atoms with Crippen molar-refractivity contribution in [2.75, 3.05) is 26.2 Å². The van der Waals surface area contributed by atoms with Crippen LogP contribution in [-0.2, 0) is 0 Å². The Morgan fingerprint density at radius 2 is 1.41 bits per heavy atom. The van der Waals surface area contributed by atoms with Gasteiger partial charge in [0.2, 0.25) is 0 Å². The zero-order valence-corrected chi connectivity index (χ0v) is 16.7. The molecule has 6 nitrogen and oxygen atoms in total. The van der Waals surface area contributed by atoms with Crippen molar-refractivity contribution < 1.29 is 9.59 Å². The number of hydrogen-bond donors (Lipinski definition) is 1. The molecule has 1 N–H and O–H groups in total. The molecule has 1 saturated heterocycles. The van der Waals surface area contributed by atoms with Crippen LogP contribution in [0.15, 0.2) is 54.7 Å². The lowest BCUT2D eigenvalue weighted by molar-refractivity contribution is 0.0532. The molecule has 0 bridgehead atoms. The van der Waals surface area contributed by atoms with Crippen molar-refractivity contribution in [1.82, 2.24) is 19.8 Å². The van der Waals surface area contributed by atoms with E-state index in [-0.39, 0.29) is 11.8 Å². The Morgan fingerprint density at radius 3 is 1.97 bits per heavy atom. The minimum Gasteiger partial charge on any atom is -0.357 e. The van der Waals surface area contributed by atoms with Crippen molar-refractivity contribution in [3.8, 4) is 11.1 Å². The van der Waals surface area contributed by atoms with Crippen molar-refractivity contribution >= 4 is 11.8 Å². The third kappa shape index (κ3) is 4.06. The first-order valence-corrected chi connectivity index (χ1v) is 9.79. The predicted octanol–water partition coefficient (Wildman–Crippen LogP) is 3.29. The van der Waals surface area contributed by atoms with Crippen LogP contribution in [0.4, 0.5) is 0 Å². The van der Waals surface area contributed by atoms with Gasteiger partial charge in [-0.1, -0.05) is 12.1 Å². The molecule has 29 heavy (non-hydrogen) atoms. The van der Waals surface area contributed by atoms with E-state index >= 15 is 0 Å². The highest BCUT2D eigenvalue weighted by Crippen LogP contribution is 2.22. The van der Waals surface area contributed by atoms with Crippen LogP contribution < -0.4 is 0 Å². The summed E-state index contributed by atoms with van der Waals surface area (Å²) >= 11 is 0.